The molecule has 0 aliphatic rings. The van der Waals surface area contributed by atoms with Crippen molar-refractivity contribution in [2.45, 2.75) is 6.42 Å². The number of rotatable bonds is 4. The number of aromatic nitrogens is 1. The molecule has 0 unspecified atom stereocenters. The lowest BCUT2D eigenvalue weighted by atomic mass is 10.1. The Kier molecular flexibility index (Phi) is 3.62. The SMILES string of the molecule is O=C(O)Cc1cccc(NC(=O)c2cc3ccccc3[nH]2)c1. The van der Waals surface area contributed by atoms with Gasteiger partial charge in [-0.25, -0.2) is 0 Å². The Hall–Kier alpha value is -3.08. The van der Waals surface area contributed by atoms with E-state index in [0.29, 0.717) is 16.9 Å². The van der Waals surface area contributed by atoms with E-state index in [1.807, 2.05) is 24.3 Å². The Morgan fingerprint density at radius 2 is 1.86 bits per heavy atom. The zero-order valence-corrected chi connectivity index (χ0v) is 11.7. The van der Waals surface area contributed by atoms with E-state index in [1.165, 1.54) is 0 Å². The van der Waals surface area contributed by atoms with Crippen LogP contribution in [0.5, 0.6) is 0 Å². The second-order valence-corrected chi connectivity index (χ2v) is 5.00. The van der Waals surface area contributed by atoms with Crippen molar-refractivity contribution < 1.29 is 14.7 Å². The number of carboxylic acid groups (broad SMARTS) is 1. The van der Waals surface area contributed by atoms with Gasteiger partial charge in [0.15, 0.2) is 0 Å². The molecule has 0 spiro atoms. The number of nitrogens with one attached hydrogen (secondary N) is 2. The van der Waals surface area contributed by atoms with E-state index >= 15 is 0 Å². The van der Waals surface area contributed by atoms with E-state index < -0.39 is 5.97 Å². The normalized spacial score (nSPS) is 10.5. The third kappa shape index (κ3) is 2.98. The number of amides is 1. The maximum absolute atomic E-state index is 12.3. The van der Waals surface area contributed by atoms with Crippen molar-refractivity contribution in [2.75, 3.05) is 5.32 Å². The minimum absolute atomic E-state index is 0.0733. The Balaban J connectivity index is 1.80. The number of anilines is 1. The van der Waals surface area contributed by atoms with Crippen LogP contribution >= 0.6 is 0 Å². The molecule has 1 aromatic heterocycles. The first-order valence-corrected chi connectivity index (χ1v) is 6.82. The van der Waals surface area contributed by atoms with Crippen LogP contribution in [-0.4, -0.2) is 22.0 Å². The van der Waals surface area contributed by atoms with Crippen LogP contribution in [0.3, 0.4) is 0 Å². The molecule has 110 valence electrons. The molecule has 3 N–H and O–H groups in total. The summed E-state index contributed by atoms with van der Waals surface area (Å²) in [6.45, 7) is 0. The van der Waals surface area contributed by atoms with Crippen molar-refractivity contribution in [1.29, 1.82) is 0 Å². The van der Waals surface area contributed by atoms with Gasteiger partial charge in [0.2, 0.25) is 0 Å². The summed E-state index contributed by atoms with van der Waals surface area (Å²) in [5.74, 6) is -1.16. The number of hydrogen-bond donors (Lipinski definition) is 3. The van der Waals surface area contributed by atoms with Crippen molar-refractivity contribution >= 4 is 28.5 Å². The lowest BCUT2D eigenvalue weighted by Crippen LogP contribution is -2.12. The smallest absolute Gasteiger partial charge is 0.307 e. The summed E-state index contributed by atoms with van der Waals surface area (Å²) < 4.78 is 0. The van der Waals surface area contributed by atoms with Crippen LogP contribution in [0.2, 0.25) is 0 Å². The topological polar surface area (TPSA) is 82.2 Å². The molecule has 0 radical (unpaired) electrons. The molecule has 3 rings (SSSR count). The third-order valence-corrected chi connectivity index (χ3v) is 3.31. The Morgan fingerprint density at radius 3 is 2.64 bits per heavy atom. The maximum atomic E-state index is 12.3. The van der Waals surface area contributed by atoms with Gasteiger partial charge in [-0.2, -0.15) is 0 Å². The summed E-state index contributed by atoms with van der Waals surface area (Å²) in [6.07, 6.45) is -0.0733. The first-order valence-electron chi connectivity index (χ1n) is 6.82. The molecule has 3 aromatic rings. The molecule has 0 saturated heterocycles. The Morgan fingerprint density at radius 1 is 1.05 bits per heavy atom. The summed E-state index contributed by atoms with van der Waals surface area (Å²) in [7, 11) is 0. The zero-order valence-electron chi connectivity index (χ0n) is 11.7. The lowest BCUT2D eigenvalue weighted by molar-refractivity contribution is -0.136. The standard InChI is InChI=1S/C17H14N2O3/c20-16(21)9-11-4-3-6-13(8-11)18-17(22)15-10-12-5-1-2-7-14(12)19-15/h1-8,10,19H,9H2,(H,18,22)(H,20,21). The average Bonchev–Trinajstić information content (AvgIpc) is 2.91. The minimum Gasteiger partial charge on any atom is -0.481 e. The summed E-state index contributed by atoms with van der Waals surface area (Å²) in [5, 5.41) is 12.5. The molecule has 0 aliphatic heterocycles. The highest BCUT2D eigenvalue weighted by Crippen LogP contribution is 2.17. The van der Waals surface area contributed by atoms with E-state index in [-0.39, 0.29) is 12.3 Å². The van der Waals surface area contributed by atoms with Crippen molar-refractivity contribution in [1.82, 2.24) is 4.98 Å². The number of aliphatic carboxylic acids is 1. The first kappa shape index (κ1) is 13.9. The lowest BCUT2D eigenvalue weighted by Gasteiger charge is -2.05. The molecule has 0 fully saturated rings. The Labute approximate surface area is 126 Å². The molecule has 0 atom stereocenters. The quantitative estimate of drug-likeness (QED) is 0.691. The van der Waals surface area contributed by atoms with Gasteiger partial charge in [0.1, 0.15) is 5.69 Å². The van der Waals surface area contributed by atoms with Crippen LogP contribution in [-0.2, 0) is 11.2 Å². The highest BCUT2D eigenvalue weighted by Gasteiger charge is 2.10. The molecule has 1 amide bonds. The van der Waals surface area contributed by atoms with Crippen LogP contribution in [0.1, 0.15) is 16.1 Å². The van der Waals surface area contributed by atoms with Gasteiger partial charge in [0.05, 0.1) is 6.42 Å². The number of benzene rings is 2. The van der Waals surface area contributed by atoms with Crippen molar-refractivity contribution in [2.24, 2.45) is 0 Å². The van der Waals surface area contributed by atoms with Gasteiger partial charge < -0.3 is 15.4 Å². The second-order valence-electron chi connectivity index (χ2n) is 5.00. The molecular weight excluding hydrogens is 280 g/mol. The van der Waals surface area contributed by atoms with Gasteiger partial charge >= 0.3 is 5.97 Å². The van der Waals surface area contributed by atoms with Gasteiger partial charge in [0, 0.05) is 16.6 Å². The fraction of sp³-hybridized carbons (Fsp3) is 0.0588. The van der Waals surface area contributed by atoms with Crippen LogP contribution in [0, 0.1) is 0 Å². The molecule has 1 heterocycles. The van der Waals surface area contributed by atoms with Crippen LogP contribution in [0.4, 0.5) is 5.69 Å². The van der Waals surface area contributed by atoms with Gasteiger partial charge in [0.25, 0.3) is 5.91 Å². The van der Waals surface area contributed by atoms with Crippen molar-refractivity contribution in [3.05, 3.63) is 65.9 Å². The number of hydrogen-bond acceptors (Lipinski definition) is 2. The van der Waals surface area contributed by atoms with E-state index in [1.54, 1.807) is 30.3 Å². The number of aromatic amines is 1. The number of para-hydroxylation sites is 1. The van der Waals surface area contributed by atoms with E-state index in [0.717, 1.165) is 10.9 Å². The predicted octanol–water partition coefficient (Wildman–Crippen LogP) is 3.05. The molecule has 0 saturated carbocycles. The van der Waals surface area contributed by atoms with Crippen molar-refractivity contribution in [3.63, 3.8) is 0 Å². The summed E-state index contributed by atoms with van der Waals surface area (Å²) in [4.78, 5) is 26.0. The largest absolute Gasteiger partial charge is 0.481 e. The van der Waals surface area contributed by atoms with Gasteiger partial charge in [-0.1, -0.05) is 30.3 Å². The number of H-pyrrole nitrogens is 1. The molecule has 22 heavy (non-hydrogen) atoms. The fourth-order valence-corrected chi connectivity index (χ4v) is 2.33. The van der Waals surface area contributed by atoms with Crippen molar-refractivity contribution in [3.8, 4) is 0 Å². The first-order chi connectivity index (χ1) is 10.6. The maximum Gasteiger partial charge on any atom is 0.307 e. The summed E-state index contributed by atoms with van der Waals surface area (Å²) in [5.41, 5.74) is 2.57. The highest BCUT2D eigenvalue weighted by molar-refractivity contribution is 6.05. The number of carbonyl (C=O) groups is 2. The molecule has 0 bridgehead atoms. The van der Waals surface area contributed by atoms with E-state index in [4.69, 9.17) is 5.11 Å². The van der Waals surface area contributed by atoms with Gasteiger partial charge in [-0.3, -0.25) is 9.59 Å². The number of fused-ring (bicyclic) bond motifs is 1. The van der Waals surface area contributed by atoms with Crippen LogP contribution < -0.4 is 5.32 Å². The number of carbonyl (C=O) groups excluding carboxylic acids is 1. The highest BCUT2D eigenvalue weighted by atomic mass is 16.4. The minimum atomic E-state index is -0.904. The predicted molar refractivity (Wildman–Crippen MR) is 84.0 cm³/mol. The van der Waals surface area contributed by atoms with E-state index in [2.05, 4.69) is 10.3 Å². The fourth-order valence-electron chi connectivity index (χ4n) is 2.33. The number of carboxylic acids is 1. The molecule has 0 aliphatic carbocycles. The summed E-state index contributed by atoms with van der Waals surface area (Å²) in [6, 6.07) is 16.2. The second kappa shape index (κ2) is 5.73. The molecule has 2 aromatic carbocycles. The van der Waals surface area contributed by atoms with Crippen LogP contribution in [0.15, 0.2) is 54.6 Å². The molecular formula is C17H14N2O3. The zero-order chi connectivity index (χ0) is 15.5. The van der Waals surface area contributed by atoms with Gasteiger partial charge in [-0.05, 0) is 29.8 Å². The summed E-state index contributed by atoms with van der Waals surface area (Å²) >= 11 is 0. The van der Waals surface area contributed by atoms with Crippen LogP contribution in [0.25, 0.3) is 10.9 Å². The molecule has 5 nitrogen and oxygen atoms in total. The third-order valence-electron chi connectivity index (χ3n) is 3.31. The van der Waals surface area contributed by atoms with E-state index in [9.17, 15) is 9.59 Å². The Bertz CT molecular complexity index is 819. The van der Waals surface area contributed by atoms with Gasteiger partial charge in [-0.15, -0.1) is 0 Å². The average molecular weight is 294 g/mol. The molecule has 5 heteroatoms. The monoisotopic (exact) mass is 294 g/mol.